The van der Waals surface area contributed by atoms with Crippen LogP contribution in [0.3, 0.4) is 0 Å². The van der Waals surface area contributed by atoms with Gasteiger partial charge in [-0.3, -0.25) is 9.89 Å². The topological polar surface area (TPSA) is 124 Å². The molecule has 1 aromatic heterocycles. The fourth-order valence-electron chi connectivity index (χ4n) is 3.52. The number of nitrogens with one attached hydrogen (secondary N) is 2. The van der Waals surface area contributed by atoms with Gasteiger partial charge in [0.1, 0.15) is 5.82 Å². The minimum atomic E-state index is -3.63. The summed E-state index contributed by atoms with van der Waals surface area (Å²) in [6.45, 7) is 3.71. The van der Waals surface area contributed by atoms with Crippen LogP contribution in [0.1, 0.15) is 31.2 Å². The van der Waals surface area contributed by atoms with E-state index in [1.54, 1.807) is 0 Å². The van der Waals surface area contributed by atoms with Crippen LogP contribution in [0.4, 0.5) is 0 Å². The predicted octanol–water partition coefficient (Wildman–Crippen LogP) is 1.59. The number of aromatic nitrogens is 3. The Morgan fingerprint density at radius 2 is 2.00 bits per heavy atom. The van der Waals surface area contributed by atoms with E-state index in [-0.39, 0.29) is 29.8 Å². The largest absolute Gasteiger partial charge is 0.355 e. The SMILES string of the molecule is CCn1c(CCNC(=O)C2CCN(S(=O)(=O)c3ccc(C#N)cc3)CC2)n[nH]c1=S. The highest BCUT2D eigenvalue weighted by Gasteiger charge is 2.32. The number of aromatic amines is 1. The third kappa shape index (κ3) is 4.77. The summed E-state index contributed by atoms with van der Waals surface area (Å²) in [6.07, 6.45) is 1.50. The van der Waals surface area contributed by atoms with Crippen LogP contribution < -0.4 is 5.32 Å². The van der Waals surface area contributed by atoms with E-state index in [0.29, 0.717) is 42.7 Å². The van der Waals surface area contributed by atoms with Crippen molar-refractivity contribution in [3.05, 3.63) is 40.4 Å². The highest BCUT2D eigenvalue weighted by Crippen LogP contribution is 2.24. The molecular weight excluding hydrogens is 424 g/mol. The standard InChI is InChI=1S/C19H24N6O3S2/c1-2-25-17(22-23-19(25)29)7-10-21-18(26)15-8-11-24(12-9-15)30(27,28)16-5-3-14(13-20)4-6-16/h3-6,15H,2,7-12H2,1H3,(H,21,26)(H,23,29). The summed E-state index contributed by atoms with van der Waals surface area (Å²) in [5.74, 6) is 0.512. The molecule has 1 saturated heterocycles. The molecule has 11 heteroatoms. The van der Waals surface area contributed by atoms with Crippen molar-refractivity contribution in [3.8, 4) is 6.07 Å². The van der Waals surface area contributed by atoms with Crippen molar-refractivity contribution in [1.82, 2.24) is 24.4 Å². The zero-order valence-corrected chi connectivity index (χ0v) is 18.3. The maximum absolute atomic E-state index is 12.8. The van der Waals surface area contributed by atoms with Crippen LogP contribution >= 0.6 is 12.2 Å². The van der Waals surface area contributed by atoms with Crippen LogP contribution in [0.15, 0.2) is 29.2 Å². The van der Waals surface area contributed by atoms with E-state index in [1.807, 2.05) is 17.6 Å². The van der Waals surface area contributed by atoms with Crippen LogP contribution in [0.5, 0.6) is 0 Å². The van der Waals surface area contributed by atoms with Gasteiger partial charge in [0.25, 0.3) is 0 Å². The van der Waals surface area contributed by atoms with E-state index in [1.165, 1.54) is 28.6 Å². The number of sulfonamides is 1. The minimum Gasteiger partial charge on any atom is -0.355 e. The van der Waals surface area contributed by atoms with Crippen LogP contribution in [0.25, 0.3) is 0 Å². The molecule has 0 bridgehead atoms. The second-order valence-corrected chi connectivity index (χ2v) is 9.37. The molecule has 160 valence electrons. The molecule has 1 aliphatic rings. The third-order valence-corrected chi connectivity index (χ3v) is 7.47. The van der Waals surface area contributed by atoms with Crippen molar-refractivity contribution in [2.75, 3.05) is 19.6 Å². The summed E-state index contributed by atoms with van der Waals surface area (Å²) >= 11 is 5.15. The lowest BCUT2D eigenvalue weighted by Crippen LogP contribution is -2.43. The zero-order valence-electron chi connectivity index (χ0n) is 16.7. The zero-order chi connectivity index (χ0) is 21.7. The maximum atomic E-state index is 12.8. The molecule has 1 aromatic carbocycles. The molecule has 1 amide bonds. The second-order valence-electron chi connectivity index (χ2n) is 7.04. The Morgan fingerprint density at radius 3 is 2.60 bits per heavy atom. The lowest BCUT2D eigenvalue weighted by molar-refractivity contribution is -0.126. The van der Waals surface area contributed by atoms with Crippen molar-refractivity contribution < 1.29 is 13.2 Å². The smallest absolute Gasteiger partial charge is 0.243 e. The Hall–Kier alpha value is -2.55. The van der Waals surface area contributed by atoms with E-state index in [0.717, 1.165) is 5.82 Å². The number of amides is 1. The lowest BCUT2D eigenvalue weighted by Gasteiger charge is -2.30. The van der Waals surface area contributed by atoms with Gasteiger partial charge < -0.3 is 9.88 Å². The molecule has 1 aliphatic heterocycles. The summed E-state index contributed by atoms with van der Waals surface area (Å²) in [4.78, 5) is 12.6. The van der Waals surface area contributed by atoms with Gasteiger partial charge in [0.05, 0.1) is 16.5 Å². The van der Waals surface area contributed by atoms with E-state index >= 15 is 0 Å². The summed E-state index contributed by atoms with van der Waals surface area (Å²) in [5.41, 5.74) is 0.410. The molecule has 0 unspecified atom stereocenters. The van der Waals surface area contributed by atoms with Crippen molar-refractivity contribution >= 4 is 28.1 Å². The molecular formula is C19H24N6O3S2. The van der Waals surface area contributed by atoms with Gasteiger partial charge in [-0.05, 0) is 56.2 Å². The van der Waals surface area contributed by atoms with Crippen molar-refractivity contribution in [2.45, 2.75) is 37.6 Å². The molecule has 30 heavy (non-hydrogen) atoms. The minimum absolute atomic E-state index is 0.0670. The average Bonchev–Trinajstić information content (AvgIpc) is 3.13. The normalized spacial score (nSPS) is 15.6. The van der Waals surface area contributed by atoms with Gasteiger partial charge in [0.15, 0.2) is 4.77 Å². The highest BCUT2D eigenvalue weighted by atomic mass is 32.2. The summed E-state index contributed by atoms with van der Waals surface area (Å²) < 4.78 is 29.4. The number of carbonyl (C=O) groups excluding carboxylic acids is 1. The van der Waals surface area contributed by atoms with Crippen molar-refractivity contribution in [2.24, 2.45) is 5.92 Å². The lowest BCUT2D eigenvalue weighted by atomic mass is 9.97. The van der Waals surface area contributed by atoms with Crippen LogP contribution in [-0.2, 0) is 27.8 Å². The van der Waals surface area contributed by atoms with Gasteiger partial charge in [-0.25, -0.2) is 8.42 Å². The number of H-pyrrole nitrogens is 1. The number of carbonyl (C=O) groups is 1. The number of rotatable bonds is 7. The van der Waals surface area contributed by atoms with Crippen molar-refractivity contribution in [3.63, 3.8) is 0 Å². The monoisotopic (exact) mass is 448 g/mol. The molecule has 2 aromatic rings. The fourth-order valence-corrected chi connectivity index (χ4v) is 5.27. The van der Waals surface area contributed by atoms with Gasteiger partial charge in [-0.15, -0.1) is 0 Å². The van der Waals surface area contributed by atoms with E-state index < -0.39 is 10.0 Å². The molecule has 9 nitrogen and oxygen atoms in total. The van der Waals surface area contributed by atoms with Gasteiger partial charge in [-0.1, -0.05) is 0 Å². The van der Waals surface area contributed by atoms with E-state index in [9.17, 15) is 13.2 Å². The first-order valence-electron chi connectivity index (χ1n) is 9.79. The van der Waals surface area contributed by atoms with Gasteiger partial charge >= 0.3 is 0 Å². The Morgan fingerprint density at radius 1 is 1.33 bits per heavy atom. The number of nitrogens with zero attached hydrogens (tertiary/aromatic N) is 4. The van der Waals surface area contributed by atoms with Gasteiger partial charge in [0, 0.05) is 38.5 Å². The molecule has 0 atom stereocenters. The number of hydrogen-bond donors (Lipinski definition) is 2. The Labute approximate surface area is 180 Å². The molecule has 0 saturated carbocycles. The van der Waals surface area contributed by atoms with Gasteiger partial charge in [0.2, 0.25) is 15.9 Å². The van der Waals surface area contributed by atoms with Crippen LogP contribution in [-0.4, -0.2) is 53.0 Å². The third-order valence-electron chi connectivity index (χ3n) is 5.25. The molecule has 2 N–H and O–H groups in total. The Kier molecular flexibility index (Phi) is 7.02. The number of benzene rings is 1. The summed E-state index contributed by atoms with van der Waals surface area (Å²) in [6, 6.07) is 7.84. The summed E-state index contributed by atoms with van der Waals surface area (Å²) in [7, 11) is -3.63. The Balaban J connectivity index is 1.51. The average molecular weight is 449 g/mol. The van der Waals surface area contributed by atoms with Gasteiger partial charge in [-0.2, -0.15) is 14.7 Å². The molecule has 0 aliphatic carbocycles. The fraction of sp³-hybridized carbons (Fsp3) is 0.474. The van der Waals surface area contributed by atoms with Crippen LogP contribution in [0.2, 0.25) is 0 Å². The molecule has 3 rings (SSSR count). The molecule has 2 heterocycles. The number of hydrogen-bond acceptors (Lipinski definition) is 6. The number of piperidine rings is 1. The second kappa shape index (κ2) is 9.51. The first kappa shape index (κ1) is 22.1. The van der Waals surface area contributed by atoms with E-state index in [4.69, 9.17) is 17.5 Å². The Bertz CT molecular complexity index is 1090. The highest BCUT2D eigenvalue weighted by molar-refractivity contribution is 7.89. The number of nitriles is 1. The van der Waals surface area contributed by atoms with Crippen molar-refractivity contribution in [1.29, 1.82) is 5.26 Å². The van der Waals surface area contributed by atoms with E-state index in [2.05, 4.69) is 15.5 Å². The summed E-state index contributed by atoms with van der Waals surface area (Å²) in [5, 5.41) is 18.7. The molecule has 0 spiro atoms. The molecule has 0 radical (unpaired) electrons. The van der Waals surface area contributed by atoms with Crippen LogP contribution in [0, 0.1) is 22.0 Å². The predicted molar refractivity (Wildman–Crippen MR) is 112 cm³/mol. The first-order chi connectivity index (χ1) is 14.4. The quantitative estimate of drug-likeness (QED) is 0.620. The molecule has 1 fully saturated rings. The maximum Gasteiger partial charge on any atom is 0.243 e. The first-order valence-corrected chi connectivity index (χ1v) is 11.6.